The van der Waals surface area contributed by atoms with Gasteiger partial charge >= 0.3 is 0 Å². The first-order chi connectivity index (χ1) is 12.1. The number of carbonyl (C=O) groups is 2. The summed E-state index contributed by atoms with van der Waals surface area (Å²) in [4.78, 5) is 29.5. The second-order valence-corrected chi connectivity index (χ2v) is 7.18. The summed E-state index contributed by atoms with van der Waals surface area (Å²) in [6.45, 7) is 2.28. The van der Waals surface area contributed by atoms with Crippen LogP contribution in [0.25, 0.3) is 0 Å². The average Bonchev–Trinajstić information content (AvgIpc) is 3.15. The molecule has 0 saturated carbocycles. The van der Waals surface area contributed by atoms with E-state index in [-0.39, 0.29) is 24.1 Å². The lowest BCUT2D eigenvalue weighted by atomic mass is 10.1. The lowest BCUT2D eigenvalue weighted by molar-refractivity contribution is -0.139. The normalized spacial score (nSPS) is 14.6. The van der Waals surface area contributed by atoms with Gasteiger partial charge < -0.3 is 9.80 Å². The van der Waals surface area contributed by atoms with Crippen LogP contribution >= 0.6 is 11.3 Å². The molecule has 2 aromatic rings. The zero-order valence-corrected chi connectivity index (χ0v) is 14.8. The number of rotatable bonds is 5. The Morgan fingerprint density at radius 1 is 0.960 bits per heavy atom. The molecule has 6 heteroatoms. The Kier molecular flexibility index (Phi) is 5.81. The first-order valence-electron chi connectivity index (χ1n) is 8.44. The topological polar surface area (TPSA) is 40.6 Å². The smallest absolute Gasteiger partial charge is 0.227 e. The van der Waals surface area contributed by atoms with Gasteiger partial charge in [-0.1, -0.05) is 18.2 Å². The van der Waals surface area contributed by atoms with Gasteiger partial charge in [0.25, 0.3) is 0 Å². The van der Waals surface area contributed by atoms with Crippen molar-refractivity contribution < 1.29 is 14.0 Å². The van der Waals surface area contributed by atoms with Crippen molar-refractivity contribution in [2.24, 2.45) is 0 Å². The Balaban J connectivity index is 1.43. The highest BCUT2D eigenvalue weighted by Crippen LogP contribution is 2.13. The van der Waals surface area contributed by atoms with E-state index in [0.717, 1.165) is 12.0 Å². The molecule has 0 bridgehead atoms. The molecule has 2 heterocycles. The summed E-state index contributed by atoms with van der Waals surface area (Å²) in [7, 11) is 0. The fourth-order valence-corrected chi connectivity index (χ4v) is 3.65. The zero-order valence-electron chi connectivity index (χ0n) is 14.0. The van der Waals surface area contributed by atoms with Gasteiger partial charge in [-0.25, -0.2) is 4.39 Å². The maximum Gasteiger partial charge on any atom is 0.227 e. The summed E-state index contributed by atoms with van der Waals surface area (Å²) in [5.74, 6) is -0.123. The highest BCUT2D eigenvalue weighted by atomic mass is 32.1. The van der Waals surface area contributed by atoms with E-state index < -0.39 is 0 Å². The summed E-state index contributed by atoms with van der Waals surface area (Å²) < 4.78 is 12.9. The first kappa shape index (κ1) is 17.6. The summed E-state index contributed by atoms with van der Waals surface area (Å²) in [6.07, 6.45) is 1.57. The van der Waals surface area contributed by atoms with Crippen molar-refractivity contribution in [1.82, 2.24) is 9.80 Å². The maximum absolute atomic E-state index is 12.9. The number of benzene rings is 1. The monoisotopic (exact) mass is 360 g/mol. The molecule has 25 heavy (non-hydrogen) atoms. The number of carbonyl (C=O) groups excluding carboxylic acids is 2. The lowest BCUT2D eigenvalue weighted by Crippen LogP contribution is -2.51. The molecule has 0 aliphatic carbocycles. The van der Waals surface area contributed by atoms with Crippen LogP contribution in [0.2, 0.25) is 0 Å². The molecule has 3 rings (SSSR count). The molecule has 1 aliphatic heterocycles. The van der Waals surface area contributed by atoms with Crippen molar-refractivity contribution in [2.75, 3.05) is 26.2 Å². The van der Waals surface area contributed by atoms with Gasteiger partial charge in [-0.15, -0.1) is 11.3 Å². The van der Waals surface area contributed by atoms with Gasteiger partial charge in [-0.2, -0.15) is 0 Å². The minimum Gasteiger partial charge on any atom is -0.339 e. The number of thiophene rings is 1. The van der Waals surface area contributed by atoms with Crippen LogP contribution in [0.4, 0.5) is 4.39 Å². The Hall–Kier alpha value is -2.21. The van der Waals surface area contributed by atoms with Crippen LogP contribution in [0.1, 0.15) is 16.9 Å². The summed E-state index contributed by atoms with van der Waals surface area (Å²) in [6, 6.07) is 10.1. The van der Waals surface area contributed by atoms with Crippen LogP contribution in [-0.4, -0.2) is 47.8 Å². The number of amides is 2. The van der Waals surface area contributed by atoms with Gasteiger partial charge in [0.2, 0.25) is 11.8 Å². The summed E-state index contributed by atoms with van der Waals surface area (Å²) in [5.41, 5.74) is 0.806. The molecule has 1 saturated heterocycles. The Morgan fingerprint density at radius 2 is 1.60 bits per heavy atom. The summed E-state index contributed by atoms with van der Waals surface area (Å²) in [5, 5.41) is 2.02. The molecule has 0 spiro atoms. The van der Waals surface area contributed by atoms with E-state index in [9.17, 15) is 14.0 Å². The molecule has 4 nitrogen and oxygen atoms in total. The Morgan fingerprint density at radius 3 is 2.20 bits per heavy atom. The van der Waals surface area contributed by atoms with Crippen LogP contribution in [-0.2, 0) is 22.4 Å². The van der Waals surface area contributed by atoms with Crippen molar-refractivity contribution in [2.45, 2.75) is 19.3 Å². The quantitative estimate of drug-likeness (QED) is 0.823. The fourth-order valence-electron chi connectivity index (χ4n) is 2.94. The van der Waals surface area contributed by atoms with E-state index in [4.69, 9.17) is 0 Å². The molecule has 1 fully saturated rings. The van der Waals surface area contributed by atoms with Gasteiger partial charge in [0.05, 0.1) is 6.42 Å². The van der Waals surface area contributed by atoms with E-state index >= 15 is 0 Å². The maximum atomic E-state index is 12.9. The molecular formula is C19H21FN2O2S. The third kappa shape index (κ3) is 4.89. The third-order valence-electron chi connectivity index (χ3n) is 4.42. The molecule has 0 atom stereocenters. The number of hydrogen-bond donors (Lipinski definition) is 0. The van der Waals surface area contributed by atoms with Crippen molar-refractivity contribution in [3.8, 4) is 0 Å². The minimum atomic E-state index is -0.300. The van der Waals surface area contributed by atoms with Crippen molar-refractivity contribution in [1.29, 1.82) is 0 Å². The van der Waals surface area contributed by atoms with Crippen LogP contribution in [0.5, 0.6) is 0 Å². The fraction of sp³-hybridized carbons (Fsp3) is 0.368. The van der Waals surface area contributed by atoms with Crippen molar-refractivity contribution >= 4 is 23.2 Å². The van der Waals surface area contributed by atoms with E-state index in [0.29, 0.717) is 32.6 Å². The summed E-state index contributed by atoms with van der Waals surface area (Å²) >= 11 is 1.67. The van der Waals surface area contributed by atoms with Crippen LogP contribution in [0.3, 0.4) is 0 Å². The Bertz CT molecular complexity index is 708. The van der Waals surface area contributed by atoms with E-state index in [1.54, 1.807) is 28.4 Å². The standard InChI is InChI=1S/C19H21FN2O2S/c20-16-5-3-15(4-6-16)14-19(24)22-11-9-21(10-12-22)18(23)8-7-17-2-1-13-25-17/h1-6,13H,7-12,14H2. The number of halogens is 1. The molecule has 1 aliphatic rings. The van der Waals surface area contributed by atoms with E-state index in [1.807, 2.05) is 22.4 Å². The van der Waals surface area contributed by atoms with E-state index in [2.05, 4.69) is 0 Å². The number of nitrogens with zero attached hydrogens (tertiary/aromatic N) is 2. The van der Waals surface area contributed by atoms with Gasteiger partial charge in [-0.3, -0.25) is 9.59 Å². The van der Waals surface area contributed by atoms with Crippen LogP contribution in [0.15, 0.2) is 41.8 Å². The number of aryl methyl sites for hydroxylation is 1. The van der Waals surface area contributed by atoms with Gasteiger partial charge in [0.1, 0.15) is 5.82 Å². The number of hydrogen-bond acceptors (Lipinski definition) is 3. The molecular weight excluding hydrogens is 339 g/mol. The molecule has 2 amide bonds. The number of piperazine rings is 1. The van der Waals surface area contributed by atoms with Crippen LogP contribution in [0, 0.1) is 5.82 Å². The lowest BCUT2D eigenvalue weighted by Gasteiger charge is -2.35. The highest BCUT2D eigenvalue weighted by molar-refractivity contribution is 7.09. The van der Waals surface area contributed by atoms with Gasteiger partial charge in [0, 0.05) is 37.5 Å². The second-order valence-electron chi connectivity index (χ2n) is 6.14. The first-order valence-corrected chi connectivity index (χ1v) is 9.32. The predicted octanol–water partition coefficient (Wildman–Crippen LogP) is 2.73. The molecule has 1 aromatic carbocycles. The second kappa shape index (κ2) is 8.25. The molecule has 0 N–H and O–H groups in total. The molecule has 0 radical (unpaired) electrons. The predicted molar refractivity (Wildman–Crippen MR) is 95.9 cm³/mol. The molecule has 132 valence electrons. The SMILES string of the molecule is O=C(CCc1cccs1)N1CCN(C(=O)Cc2ccc(F)cc2)CC1. The van der Waals surface area contributed by atoms with Crippen LogP contribution < -0.4 is 0 Å². The zero-order chi connectivity index (χ0) is 17.6. The molecule has 1 aromatic heterocycles. The van der Waals surface area contributed by atoms with Gasteiger partial charge in [-0.05, 0) is 35.6 Å². The largest absolute Gasteiger partial charge is 0.339 e. The third-order valence-corrected chi connectivity index (χ3v) is 5.36. The Labute approximate surface area is 150 Å². The minimum absolute atomic E-state index is 0.0253. The van der Waals surface area contributed by atoms with Gasteiger partial charge in [0.15, 0.2) is 0 Å². The molecule has 0 unspecified atom stereocenters. The average molecular weight is 360 g/mol. The van der Waals surface area contributed by atoms with Crippen molar-refractivity contribution in [3.05, 3.63) is 58.0 Å². The highest BCUT2D eigenvalue weighted by Gasteiger charge is 2.23. The van der Waals surface area contributed by atoms with E-state index in [1.165, 1.54) is 17.0 Å². The van der Waals surface area contributed by atoms with Crippen molar-refractivity contribution in [3.63, 3.8) is 0 Å².